The van der Waals surface area contributed by atoms with Crippen LogP contribution in [0.5, 0.6) is 0 Å². The third-order valence-corrected chi connectivity index (χ3v) is 18.6. The molecule has 0 aliphatic carbocycles. The summed E-state index contributed by atoms with van der Waals surface area (Å²) in [5.74, 6) is -0.286. The van der Waals surface area contributed by atoms with Crippen molar-refractivity contribution in [1.29, 1.82) is 0 Å². The smallest absolute Gasteiger partial charge is 0.220 e. The molecule has 0 aromatic rings. The monoisotopic (exact) mass is 1330 g/mol. The first-order chi connectivity index (χ1) is 45.3. The van der Waals surface area contributed by atoms with Crippen molar-refractivity contribution in [2.75, 3.05) is 26.4 Å². The molecule has 0 spiro atoms. The molecule has 3 aliphatic heterocycles. The largest absolute Gasteiger partial charge is 0.394 e. The predicted octanol–water partition coefficient (Wildman–Crippen LogP) is 10.9. The predicted molar refractivity (Wildman–Crippen MR) is 365 cm³/mol. The fourth-order valence-electron chi connectivity index (χ4n) is 12.6. The van der Waals surface area contributed by atoms with Crippen molar-refractivity contribution in [2.45, 2.75) is 388 Å². The molecule has 3 rings (SSSR count). The van der Waals surface area contributed by atoms with Crippen LogP contribution in [0.3, 0.4) is 0 Å². The Morgan fingerprint density at radius 3 is 1.11 bits per heavy atom. The van der Waals surface area contributed by atoms with E-state index in [1.54, 1.807) is 6.08 Å². The summed E-state index contributed by atoms with van der Waals surface area (Å²) in [4.78, 5) is 13.4. The SMILES string of the molecule is CCCCCCC/C=C\C/C=C\C/C=C\CCCCCCCCC(=O)NC(COC1OC(CO)C(OC2OC(CO)C(OC3OC(CO)C(O)C(O)C3O)C(O)C2O)C(O)C1O)C(O)/C=C/CCCCCCCCCCCCCCCCCCCCCCCCCCC. The van der Waals surface area contributed by atoms with Crippen molar-refractivity contribution in [3.05, 3.63) is 48.6 Å². The van der Waals surface area contributed by atoms with Crippen molar-refractivity contribution in [3.8, 4) is 0 Å². The van der Waals surface area contributed by atoms with Gasteiger partial charge in [0.1, 0.15) is 73.2 Å². The molecule has 19 nitrogen and oxygen atoms in total. The molecule has 3 saturated heterocycles. The number of nitrogens with one attached hydrogen (secondary N) is 1. The molecule has 12 N–H and O–H groups in total. The van der Waals surface area contributed by atoms with E-state index in [4.69, 9.17) is 28.4 Å². The van der Waals surface area contributed by atoms with Gasteiger partial charge in [-0.25, -0.2) is 0 Å². The Morgan fingerprint density at radius 1 is 0.387 bits per heavy atom. The van der Waals surface area contributed by atoms with Crippen molar-refractivity contribution in [1.82, 2.24) is 5.32 Å². The molecule has 3 fully saturated rings. The summed E-state index contributed by atoms with van der Waals surface area (Å²) < 4.78 is 34.4. The van der Waals surface area contributed by atoms with Gasteiger partial charge in [-0.3, -0.25) is 4.79 Å². The van der Waals surface area contributed by atoms with Crippen LogP contribution in [0.1, 0.15) is 284 Å². The first-order valence-electron chi connectivity index (χ1n) is 37.4. The van der Waals surface area contributed by atoms with Crippen LogP contribution in [-0.4, -0.2) is 193 Å². The van der Waals surface area contributed by atoms with Crippen molar-refractivity contribution >= 4 is 5.91 Å². The van der Waals surface area contributed by atoms with Gasteiger partial charge in [0, 0.05) is 6.42 Å². The van der Waals surface area contributed by atoms with Crippen LogP contribution in [0.25, 0.3) is 0 Å². The van der Waals surface area contributed by atoms with Gasteiger partial charge in [0.25, 0.3) is 0 Å². The van der Waals surface area contributed by atoms with Crippen LogP contribution in [0.4, 0.5) is 0 Å². The van der Waals surface area contributed by atoms with Crippen molar-refractivity contribution < 1.29 is 89.4 Å². The van der Waals surface area contributed by atoms with Crippen molar-refractivity contribution in [3.63, 3.8) is 0 Å². The van der Waals surface area contributed by atoms with Gasteiger partial charge in [-0.2, -0.15) is 0 Å². The summed E-state index contributed by atoms with van der Waals surface area (Å²) in [5, 5.41) is 121. The van der Waals surface area contributed by atoms with Gasteiger partial charge in [-0.05, 0) is 57.8 Å². The number of ether oxygens (including phenoxy) is 6. The van der Waals surface area contributed by atoms with Crippen LogP contribution < -0.4 is 5.32 Å². The maximum atomic E-state index is 13.4. The van der Waals surface area contributed by atoms with E-state index in [1.165, 1.54) is 180 Å². The van der Waals surface area contributed by atoms with Crippen LogP contribution in [-0.2, 0) is 33.2 Å². The quantitative estimate of drug-likeness (QED) is 0.0199. The summed E-state index contributed by atoms with van der Waals surface area (Å²) in [6.45, 7) is 1.74. The van der Waals surface area contributed by atoms with E-state index in [0.29, 0.717) is 6.42 Å². The molecule has 1 amide bonds. The Balaban J connectivity index is 1.42. The number of aliphatic hydroxyl groups is 11. The summed E-state index contributed by atoms with van der Waals surface area (Å²) in [6, 6.07) is -0.983. The van der Waals surface area contributed by atoms with E-state index in [9.17, 15) is 61.0 Å². The van der Waals surface area contributed by atoms with E-state index in [1.807, 2.05) is 6.08 Å². The second-order valence-electron chi connectivity index (χ2n) is 26.8. The maximum absolute atomic E-state index is 13.4. The van der Waals surface area contributed by atoms with Crippen molar-refractivity contribution in [2.24, 2.45) is 0 Å². The lowest BCUT2D eigenvalue weighted by atomic mass is 9.96. The Hall–Kier alpha value is -2.25. The van der Waals surface area contributed by atoms with Gasteiger partial charge in [0.05, 0.1) is 38.6 Å². The fraction of sp³-hybridized carbons (Fsp3) is 0.878. The molecule has 17 unspecified atom stereocenters. The van der Waals surface area contributed by atoms with E-state index in [2.05, 4.69) is 55.6 Å². The average molecular weight is 1330 g/mol. The number of carbonyl (C=O) groups excluding carboxylic acids is 1. The average Bonchev–Trinajstić information content (AvgIpc) is 1.48. The van der Waals surface area contributed by atoms with Crippen LogP contribution in [0, 0.1) is 0 Å². The number of allylic oxidation sites excluding steroid dienone is 7. The van der Waals surface area contributed by atoms with Gasteiger partial charge in [0.2, 0.25) is 5.91 Å². The molecule has 19 heteroatoms. The Morgan fingerprint density at radius 2 is 0.710 bits per heavy atom. The van der Waals surface area contributed by atoms with Gasteiger partial charge in [0.15, 0.2) is 18.9 Å². The molecule has 0 saturated carbocycles. The molecule has 3 heterocycles. The minimum absolute atomic E-state index is 0.228. The van der Waals surface area contributed by atoms with E-state index < -0.39 is 124 Å². The Bertz CT molecular complexity index is 1870. The minimum Gasteiger partial charge on any atom is -0.394 e. The number of hydrogen-bond acceptors (Lipinski definition) is 18. The molecule has 0 radical (unpaired) electrons. The fourth-order valence-corrected chi connectivity index (χ4v) is 12.6. The number of unbranched alkanes of at least 4 members (excludes halogenated alkanes) is 36. The number of carbonyl (C=O) groups is 1. The van der Waals surface area contributed by atoms with Crippen LogP contribution in [0.15, 0.2) is 48.6 Å². The molecule has 544 valence electrons. The van der Waals surface area contributed by atoms with Gasteiger partial charge >= 0.3 is 0 Å². The molecular weight excluding hydrogens is 1190 g/mol. The molecule has 93 heavy (non-hydrogen) atoms. The van der Waals surface area contributed by atoms with E-state index in [-0.39, 0.29) is 18.9 Å². The third kappa shape index (κ3) is 37.0. The lowest BCUT2D eigenvalue weighted by molar-refractivity contribution is -0.379. The second-order valence-corrected chi connectivity index (χ2v) is 26.8. The lowest BCUT2D eigenvalue weighted by Crippen LogP contribution is -2.66. The zero-order valence-electron chi connectivity index (χ0n) is 57.7. The first-order valence-corrected chi connectivity index (χ1v) is 37.4. The van der Waals surface area contributed by atoms with Crippen LogP contribution >= 0.6 is 0 Å². The molecule has 0 bridgehead atoms. The maximum Gasteiger partial charge on any atom is 0.220 e. The number of amides is 1. The third-order valence-electron chi connectivity index (χ3n) is 18.6. The lowest BCUT2D eigenvalue weighted by Gasteiger charge is -2.48. The van der Waals surface area contributed by atoms with E-state index >= 15 is 0 Å². The Kier molecular flexibility index (Phi) is 50.8. The number of rotatable bonds is 58. The molecular formula is C74H135NO18. The molecule has 0 aromatic carbocycles. The van der Waals surface area contributed by atoms with Gasteiger partial charge in [-0.15, -0.1) is 0 Å². The van der Waals surface area contributed by atoms with Gasteiger partial charge in [-0.1, -0.05) is 268 Å². The summed E-state index contributed by atoms with van der Waals surface area (Å²) in [7, 11) is 0. The summed E-state index contributed by atoms with van der Waals surface area (Å²) >= 11 is 0. The molecule has 0 aromatic heterocycles. The minimum atomic E-state index is -1.98. The Labute approximate surface area is 561 Å². The zero-order valence-corrected chi connectivity index (χ0v) is 57.7. The second kappa shape index (κ2) is 55.6. The molecule has 3 aliphatic rings. The molecule has 17 atom stereocenters. The first kappa shape index (κ1) is 85.0. The van der Waals surface area contributed by atoms with E-state index in [0.717, 1.165) is 77.0 Å². The summed E-state index contributed by atoms with van der Waals surface area (Å²) in [6.07, 6.45) is 40.8. The number of hydrogen-bond donors (Lipinski definition) is 12. The topological polar surface area (TPSA) is 307 Å². The highest BCUT2D eigenvalue weighted by molar-refractivity contribution is 5.76. The van der Waals surface area contributed by atoms with Gasteiger partial charge < -0.3 is 89.9 Å². The highest BCUT2D eigenvalue weighted by Crippen LogP contribution is 2.33. The summed E-state index contributed by atoms with van der Waals surface area (Å²) in [5.41, 5.74) is 0. The number of aliphatic hydroxyl groups excluding tert-OH is 11. The highest BCUT2D eigenvalue weighted by Gasteiger charge is 2.53. The normalized spacial score (nSPS) is 27.8. The van der Waals surface area contributed by atoms with Crippen LogP contribution in [0.2, 0.25) is 0 Å². The highest BCUT2D eigenvalue weighted by atomic mass is 16.8. The standard InChI is InChI=1S/C74H135NO18/c1-3-5-7-9-11-13-15-17-19-21-23-25-26-27-28-29-30-32-33-35-37-39-41-43-45-47-49-51-58(79)57(75-62(80)52-50-48-46-44-42-40-38-36-34-31-24-22-20-18-16-14-12-10-8-6-4-2)56-88-72-68(86)65(83)70(60(54-77)90-72)93-74-69(87)66(84)71(61(55-78)91-74)92-73-67(85)64(82)63(81)59(53-76)89-73/h16,18,22,24,34,36,49,51,57-61,63-74,76-79,81-87H,3-15,17,19-21,23,25-33,35,37-48,50,52-56H2,1-2H3,(H,75,80)/b18-16-,24-22-,36-34-,51-49+. The zero-order chi connectivity index (χ0) is 67.5.